The molecule has 0 atom stereocenters. The molecule has 6 nitrogen and oxygen atoms in total. The maximum Gasteiger partial charge on any atom is 0.485 e. The Labute approximate surface area is 172 Å². The van der Waals surface area contributed by atoms with Gasteiger partial charge in [0.1, 0.15) is 6.54 Å². The molecule has 0 N–H and O–H groups in total. The maximum atomic E-state index is 13.4. The minimum Gasteiger partial charge on any atom is -0.741 e. The van der Waals surface area contributed by atoms with Gasteiger partial charge in [-0.2, -0.15) is 52.7 Å². The SMILES string of the molecule is CCCCn1c[n+](CCC(F)(F)C(F)(F)C(F)(F)C(F)(F)F)cn1.O=S(=O)([O-])C(F)(F)F. The van der Waals surface area contributed by atoms with Crippen LogP contribution in [0.2, 0.25) is 0 Å². The summed E-state index contributed by atoms with van der Waals surface area (Å²) in [6.45, 7) is 1.39. The van der Waals surface area contributed by atoms with Gasteiger partial charge in [-0.15, -0.1) is 4.68 Å². The van der Waals surface area contributed by atoms with Gasteiger partial charge in [-0.1, -0.05) is 13.3 Å². The fraction of sp³-hybridized carbons (Fsp3) is 0.846. The number of aromatic nitrogens is 3. The van der Waals surface area contributed by atoms with Crippen LogP contribution in [0.25, 0.3) is 0 Å². The van der Waals surface area contributed by atoms with E-state index < -0.39 is 52.5 Å². The van der Waals surface area contributed by atoms with E-state index in [1.807, 2.05) is 6.92 Å². The molecular formula is C13H15F12N3O3S. The lowest BCUT2D eigenvalue weighted by atomic mass is 10.0. The minimum absolute atomic E-state index is 0.419. The highest BCUT2D eigenvalue weighted by atomic mass is 32.2. The van der Waals surface area contributed by atoms with E-state index >= 15 is 0 Å². The monoisotopic (exact) mass is 521 g/mol. The number of hydrogen-bond donors (Lipinski definition) is 0. The summed E-state index contributed by atoms with van der Waals surface area (Å²) >= 11 is 0. The van der Waals surface area contributed by atoms with Crippen molar-refractivity contribution in [1.82, 2.24) is 9.78 Å². The number of halogens is 12. The van der Waals surface area contributed by atoms with Crippen molar-refractivity contribution in [2.24, 2.45) is 0 Å². The van der Waals surface area contributed by atoms with Crippen molar-refractivity contribution < 1.29 is 70.2 Å². The predicted molar refractivity (Wildman–Crippen MR) is 78.6 cm³/mol. The quantitative estimate of drug-likeness (QED) is 0.225. The van der Waals surface area contributed by atoms with E-state index in [0.717, 1.165) is 17.3 Å². The molecule has 190 valence electrons. The zero-order valence-corrected chi connectivity index (χ0v) is 16.5. The Bertz CT molecular complexity index is 833. The van der Waals surface area contributed by atoms with Crippen LogP contribution in [-0.2, 0) is 23.2 Å². The summed E-state index contributed by atoms with van der Waals surface area (Å²) < 4.78 is 175. The second-order valence-electron chi connectivity index (χ2n) is 6.10. The van der Waals surface area contributed by atoms with Crippen LogP contribution in [-0.4, -0.2) is 52.2 Å². The summed E-state index contributed by atoms with van der Waals surface area (Å²) in [5, 5.41) is 3.72. The number of rotatable bonds is 8. The van der Waals surface area contributed by atoms with Crippen molar-refractivity contribution in [2.75, 3.05) is 0 Å². The summed E-state index contributed by atoms with van der Waals surface area (Å²) in [6, 6.07) is 0. The van der Waals surface area contributed by atoms with Crippen molar-refractivity contribution in [3.8, 4) is 0 Å². The predicted octanol–water partition coefficient (Wildman–Crippen LogP) is 3.88. The standard InChI is InChI=1S/C12H15F9N3.CHF3O3S/c1-2-3-5-24-8-23(7-22-24)6-4-9(13,14)10(15,16)11(17,18)12(19,20)21;2-1(3,4)8(5,6)7/h7-8H,2-6H2,1H3;(H,5,6,7)/q+1;/p-1. The van der Waals surface area contributed by atoms with Crippen LogP contribution >= 0.6 is 0 Å². The number of unbranched alkanes of at least 4 members (excludes halogenated alkanes) is 1. The molecule has 0 aliphatic carbocycles. The molecule has 1 aromatic heterocycles. The van der Waals surface area contributed by atoms with Gasteiger partial charge in [0.15, 0.2) is 10.1 Å². The van der Waals surface area contributed by atoms with Crippen molar-refractivity contribution in [3.63, 3.8) is 0 Å². The minimum atomic E-state index is -6.85. The van der Waals surface area contributed by atoms with E-state index in [2.05, 4.69) is 5.10 Å². The highest BCUT2D eigenvalue weighted by Crippen LogP contribution is 2.53. The highest BCUT2D eigenvalue weighted by Gasteiger charge is 2.81. The molecule has 0 unspecified atom stereocenters. The Kier molecular flexibility index (Phi) is 9.44. The van der Waals surface area contributed by atoms with Crippen LogP contribution in [0, 0.1) is 0 Å². The first kappa shape index (κ1) is 30.2. The first-order valence-corrected chi connectivity index (χ1v) is 9.56. The molecular weight excluding hydrogens is 506 g/mol. The van der Waals surface area contributed by atoms with E-state index in [1.54, 1.807) is 0 Å². The fourth-order valence-electron chi connectivity index (χ4n) is 1.75. The summed E-state index contributed by atoms with van der Waals surface area (Å²) in [7, 11) is -6.09. The molecule has 0 amide bonds. The molecule has 0 aliphatic heterocycles. The van der Waals surface area contributed by atoms with Gasteiger partial charge in [-0.25, -0.2) is 13.0 Å². The van der Waals surface area contributed by atoms with Crippen LogP contribution in [0.1, 0.15) is 26.2 Å². The molecule has 32 heavy (non-hydrogen) atoms. The Morgan fingerprint density at radius 3 is 1.78 bits per heavy atom. The van der Waals surface area contributed by atoms with E-state index in [4.69, 9.17) is 13.0 Å². The van der Waals surface area contributed by atoms with Crippen LogP contribution in [0.3, 0.4) is 0 Å². The third-order valence-electron chi connectivity index (χ3n) is 3.55. The molecule has 1 heterocycles. The van der Waals surface area contributed by atoms with Gasteiger partial charge in [-0.3, -0.25) is 0 Å². The average molecular weight is 521 g/mol. The number of alkyl halides is 12. The van der Waals surface area contributed by atoms with Gasteiger partial charge < -0.3 is 4.55 Å². The van der Waals surface area contributed by atoms with Crippen LogP contribution in [0.5, 0.6) is 0 Å². The lowest BCUT2D eigenvalue weighted by Crippen LogP contribution is -2.61. The third kappa shape index (κ3) is 7.38. The summed E-state index contributed by atoms with van der Waals surface area (Å²) in [5.41, 5.74) is -5.65. The molecule has 19 heteroatoms. The smallest absolute Gasteiger partial charge is 0.485 e. The molecule has 0 aliphatic rings. The maximum absolute atomic E-state index is 13.4. The molecule has 0 saturated heterocycles. The lowest BCUT2D eigenvalue weighted by molar-refractivity contribution is -0.701. The van der Waals surface area contributed by atoms with E-state index in [9.17, 15) is 52.7 Å². The lowest BCUT2D eigenvalue weighted by Gasteiger charge is -2.33. The van der Waals surface area contributed by atoms with Gasteiger partial charge in [0.05, 0.1) is 6.54 Å². The number of aryl methyl sites for hydroxylation is 2. The summed E-state index contributed by atoms with van der Waals surface area (Å²) in [6.07, 6.45) is -5.03. The zero-order chi connectivity index (χ0) is 25.8. The molecule has 0 aromatic carbocycles. The van der Waals surface area contributed by atoms with Crippen molar-refractivity contribution >= 4 is 10.1 Å². The van der Waals surface area contributed by atoms with E-state index in [0.29, 0.717) is 13.0 Å². The van der Waals surface area contributed by atoms with Crippen molar-refractivity contribution in [1.29, 1.82) is 0 Å². The normalized spacial score (nSPS) is 14.2. The van der Waals surface area contributed by atoms with Gasteiger partial charge in [0.2, 0.25) is 6.33 Å². The zero-order valence-electron chi connectivity index (χ0n) is 15.7. The molecule has 0 saturated carbocycles. The first-order valence-electron chi connectivity index (χ1n) is 8.15. The van der Waals surface area contributed by atoms with Gasteiger partial charge in [0.25, 0.3) is 6.33 Å². The Hall–Kier alpha value is -1.79. The van der Waals surface area contributed by atoms with Crippen LogP contribution in [0.4, 0.5) is 52.7 Å². The molecule has 0 bridgehead atoms. The van der Waals surface area contributed by atoms with Crippen LogP contribution < -0.4 is 4.57 Å². The second-order valence-corrected chi connectivity index (χ2v) is 7.47. The number of nitrogens with zero attached hydrogens (tertiary/aromatic N) is 3. The summed E-state index contributed by atoms with van der Waals surface area (Å²) in [4.78, 5) is 0. The van der Waals surface area contributed by atoms with Gasteiger partial charge >= 0.3 is 29.5 Å². The molecule has 0 fully saturated rings. The number of hydrogen-bond acceptors (Lipinski definition) is 4. The molecule has 1 rings (SSSR count). The molecule has 1 aromatic rings. The summed E-state index contributed by atoms with van der Waals surface area (Å²) in [5.74, 6) is -19.0. The van der Waals surface area contributed by atoms with Crippen molar-refractivity contribution in [3.05, 3.63) is 12.7 Å². The third-order valence-corrected chi connectivity index (χ3v) is 4.11. The Morgan fingerprint density at radius 1 is 0.938 bits per heavy atom. The van der Waals surface area contributed by atoms with E-state index in [1.165, 1.54) is 11.0 Å². The topological polar surface area (TPSA) is 78.9 Å². The molecule has 0 spiro atoms. The highest BCUT2D eigenvalue weighted by molar-refractivity contribution is 7.86. The van der Waals surface area contributed by atoms with Crippen LogP contribution in [0.15, 0.2) is 12.7 Å². The second kappa shape index (κ2) is 10.0. The Balaban J connectivity index is 0.00000102. The largest absolute Gasteiger partial charge is 0.741 e. The average Bonchev–Trinajstić information content (AvgIpc) is 3.03. The van der Waals surface area contributed by atoms with Gasteiger partial charge in [-0.05, 0) is 6.42 Å². The first-order chi connectivity index (χ1) is 14.0. The van der Waals surface area contributed by atoms with E-state index in [-0.39, 0.29) is 0 Å². The fourth-order valence-corrected chi connectivity index (χ4v) is 1.75. The Morgan fingerprint density at radius 2 is 1.41 bits per heavy atom. The van der Waals surface area contributed by atoms with Crippen molar-refractivity contribution in [2.45, 2.75) is 68.7 Å². The molecule has 0 radical (unpaired) electrons. The van der Waals surface area contributed by atoms with Gasteiger partial charge in [0, 0.05) is 11.5 Å².